The van der Waals surface area contributed by atoms with E-state index in [1.54, 1.807) is 43.5 Å². The van der Waals surface area contributed by atoms with Crippen molar-refractivity contribution < 1.29 is 28.5 Å². The Morgan fingerprint density at radius 3 is 2.48 bits per heavy atom. The van der Waals surface area contributed by atoms with Crippen LogP contribution in [0.25, 0.3) is 6.08 Å². The minimum Gasteiger partial charge on any atom is -0.495 e. The van der Waals surface area contributed by atoms with Gasteiger partial charge in [-0.1, -0.05) is 18.2 Å². The third-order valence-corrected chi connectivity index (χ3v) is 5.42. The Bertz CT molecular complexity index is 1160. The van der Waals surface area contributed by atoms with Crippen LogP contribution in [0.1, 0.15) is 18.2 Å². The summed E-state index contributed by atoms with van der Waals surface area (Å²) in [6.45, 7) is 1.66. The molecule has 0 fully saturated rings. The van der Waals surface area contributed by atoms with Gasteiger partial charge < -0.3 is 18.9 Å². The Morgan fingerprint density at radius 1 is 1.03 bits per heavy atom. The molecule has 9 heteroatoms. The third-order valence-electron chi connectivity index (χ3n) is 4.55. The van der Waals surface area contributed by atoms with E-state index in [1.807, 2.05) is 17.5 Å². The van der Waals surface area contributed by atoms with Crippen molar-refractivity contribution in [3.05, 3.63) is 65.2 Å². The molecule has 0 bridgehead atoms. The number of rotatable bonds is 9. The Hall–Kier alpha value is -3.85. The average molecular weight is 469 g/mol. The maximum Gasteiger partial charge on any atom is 0.330 e. The maximum absolute atomic E-state index is 12.4. The zero-order chi connectivity index (χ0) is 23.8. The monoisotopic (exact) mass is 468 g/mol. The Morgan fingerprint density at radius 2 is 1.79 bits per heavy atom. The van der Waals surface area contributed by atoms with Gasteiger partial charge in [-0.25, -0.2) is 9.78 Å². The van der Waals surface area contributed by atoms with E-state index < -0.39 is 5.97 Å². The molecule has 0 N–H and O–H groups in total. The van der Waals surface area contributed by atoms with Crippen LogP contribution in [-0.2, 0) is 20.9 Å². The number of hydrogen-bond donors (Lipinski definition) is 0. The topological polar surface area (TPSA) is 87.2 Å². The first-order valence-corrected chi connectivity index (χ1v) is 10.8. The highest BCUT2D eigenvalue weighted by Gasteiger charge is 2.21. The molecule has 8 nitrogen and oxygen atoms in total. The molecule has 2 aromatic carbocycles. The van der Waals surface area contributed by atoms with E-state index in [1.165, 1.54) is 43.5 Å². The van der Waals surface area contributed by atoms with E-state index in [4.69, 9.17) is 14.2 Å². The number of aromatic nitrogens is 1. The van der Waals surface area contributed by atoms with Crippen molar-refractivity contribution in [2.24, 2.45) is 0 Å². The molecule has 0 saturated carbocycles. The number of carbonyl (C=O) groups is 2. The molecule has 172 valence electrons. The maximum atomic E-state index is 12.4. The number of para-hydroxylation sites is 2. The first-order valence-electron chi connectivity index (χ1n) is 9.91. The van der Waals surface area contributed by atoms with Crippen LogP contribution in [0.4, 0.5) is 10.8 Å². The molecule has 1 amide bonds. The van der Waals surface area contributed by atoms with E-state index in [2.05, 4.69) is 9.72 Å². The van der Waals surface area contributed by atoms with Crippen molar-refractivity contribution in [2.75, 3.05) is 26.2 Å². The van der Waals surface area contributed by atoms with Crippen LogP contribution in [0, 0.1) is 0 Å². The standard InChI is InChI=1S/C24H24N2O6S/c1-16(27)26(19-7-5-6-8-20(19)29-2)24-25-18(15-33-24)14-32-21-11-9-17(13-22(21)30-3)10-12-23(28)31-4/h5-13,15H,14H2,1-4H3/b12-10+. The Labute approximate surface area is 196 Å². The highest BCUT2D eigenvalue weighted by Crippen LogP contribution is 2.36. The molecule has 0 saturated heterocycles. The SMILES string of the molecule is COC(=O)/C=C/c1ccc(OCc2csc(N(C(C)=O)c3ccccc3OC)n2)c(OC)c1. The summed E-state index contributed by atoms with van der Waals surface area (Å²) in [5, 5.41) is 2.35. The highest BCUT2D eigenvalue weighted by atomic mass is 32.1. The van der Waals surface area contributed by atoms with Crippen molar-refractivity contribution in [1.82, 2.24) is 4.98 Å². The van der Waals surface area contributed by atoms with Crippen LogP contribution in [-0.4, -0.2) is 38.2 Å². The van der Waals surface area contributed by atoms with Crippen LogP contribution >= 0.6 is 11.3 Å². The number of thiazole rings is 1. The predicted octanol–water partition coefficient (Wildman–Crippen LogP) is 4.61. The fraction of sp³-hybridized carbons (Fsp3) is 0.208. The Balaban J connectivity index is 1.76. The van der Waals surface area contributed by atoms with E-state index in [0.717, 1.165) is 5.56 Å². The smallest absolute Gasteiger partial charge is 0.330 e. The number of hydrogen-bond acceptors (Lipinski definition) is 8. The van der Waals surface area contributed by atoms with Crippen LogP contribution < -0.4 is 19.1 Å². The minimum absolute atomic E-state index is 0.182. The molecule has 3 rings (SSSR count). The summed E-state index contributed by atoms with van der Waals surface area (Å²) in [5.41, 5.74) is 2.04. The predicted molar refractivity (Wildman–Crippen MR) is 126 cm³/mol. The van der Waals surface area contributed by atoms with Gasteiger partial charge in [0.15, 0.2) is 16.6 Å². The number of amides is 1. The van der Waals surface area contributed by atoms with E-state index in [-0.39, 0.29) is 12.5 Å². The lowest BCUT2D eigenvalue weighted by molar-refractivity contribution is -0.134. The second-order valence-corrected chi connectivity index (χ2v) is 7.54. The summed E-state index contributed by atoms with van der Waals surface area (Å²) in [4.78, 5) is 29.7. The molecule has 0 atom stereocenters. The summed E-state index contributed by atoms with van der Waals surface area (Å²) >= 11 is 1.33. The molecule has 0 aliphatic heterocycles. The van der Waals surface area contributed by atoms with Crippen LogP contribution in [0.5, 0.6) is 17.2 Å². The van der Waals surface area contributed by atoms with E-state index in [0.29, 0.717) is 33.8 Å². The summed E-state index contributed by atoms with van der Waals surface area (Å²) < 4.78 is 21.3. The van der Waals surface area contributed by atoms with Crippen molar-refractivity contribution in [2.45, 2.75) is 13.5 Å². The van der Waals surface area contributed by atoms with Gasteiger partial charge in [0.2, 0.25) is 5.91 Å². The number of esters is 1. The zero-order valence-corrected chi connectivity index (χ0v) is 19.5. The van der Waals surface area contributed by atoms with Gasteiger partial charge in [0, 0.05) is 18.4 Å². The van der Waals surface area contributed by atoms with E-state index >= 15 is 0 Å². The number of ether oxygens (including phenoxy) is 4. The fourth-order valence-corrected chi connectivity index (χ4v) is 3.84. The molecule has 0 unspecified atom stereocenters. The van der Waals surface area contributed by atoms with Gasteiger partial charge in [-0.2, -0.15) is 0 Å². The molecule has 0 aliphatic rings. The van der Waals surface area contributed by atoms with Gasteiger partial charge in [-0.3, -0.25) is 9.69 Å². The van der Waals surface area contributed by atoms with Gasteiger partial charge in [0.25, 0.3) is 0 Å². The Kier molecular flexibility index (Phi) is 8.04. The summed E-state index contributed by atoms with van der Waals surface area (Å²) in [7, 11) is 4.41. The second kappa shape index (κ2) is 11.1. The summed E-state index contributed by atoms with van der Waals surface area (Å²) in [6.07, 6.45) is 2.95. The highest BCUT2D eigenvalue weighted by molar-refractivity contribution is 7.14. The molecule has 33 heavy (non-hydrogen) atoms. The number of methoxy groups -OCH3 is 3. The van der Waals surface area contributed by atoms with Crippen LogP contribution in [0.2, 0.25) is 0 Å². The largest absolute Gasteiger partial charge is 0.495 e. The van der Waals surface area contributed by atoms with Crippen molar-refractivity contribution >= 4 is 40.1 Å². The van der Waals surface area contributed by atoms with Gasteiger partial charge in [-0.15, -0.1) is 11.3 Å². The number of carbonyl (C=O) groups excluding carboxylic acids is 2. The number of benzene rings is 2. The molecule has 0 spiro atoms. The van der Waals surface area contributed by atoms with Crippen molar-refractivity contribution in [3.8, 4) is 17.2 Å². The fourth-order valence-electron chi connectivity index (χ4n) is 2.98. The van der Waals surface area contributed by atoms with Gasteiger partial charge in [0.1, 0.15) is 12.4 Å². The lowest BCUT2D eigenvalue weighted by atomic mass is 10.2. The molecule has 3 aromatic rings. The summed E-state index contributed by atoms with van der Waals surface area (Å²) in [5.74, 6) is 0.985. The van der Waals surface area contributed by atoms with Gasteiger partial charge >= 0.3 is 5.97 Å². The first-order chi connectivity index (χ1) is 16.0. The molecule has 1 aromatic heterocycles. The van der Waals surface area contributed by atoms with Crippen LogP contribution in [0.15, 0.2) is 53.9 Å². The third kappa shape index (κ3) is 5.89. The van der Waals surface area contributed by atoms with Crippen LogP contribution in [0.3, 0.4) is 0 Å². The normalized spacial score (nSPS) is 10.7. The van der Waals surface area contributed by atoms with Crippen molar-refractivity contribution in [3.63, 3.8) is 0 Å². The lowest BCUT2D eigenvalue weighted by Gasteiger charge is -2.20. The van der Waals surface area contributed by atoms with E-state index in [9.17, 15) is 9.59 Å². The first kappa shape index (κ1) is 23.8. The average Bonchev–Trinajstić information content (AvgIpc) is 3.29. The lowest BCUT2D eigenvalue weighted by Crippen LogP contribution is -2.23. The molecule has 1 heterocycles. The minimum atomic E-state index is -0.443. The summed E-state index contributed by atoms with van der Waals surface area (Å²) in [6, 6.07) is 12.6. The van der Waals surface area contributed by atoms with Crippen molar-refractivity contribution in [1.29, 1.82) is 0 Å². The molecule has 0 aliphatic carbocycles. The zero-order valence-electron chi connectivity index (χ0n) is 18.7. The van der Waals surface area contributed by atoms with Gasteiger partial charge in [0.05, 0.1) is 32.7 Å². The molecular weight excluding hydrogens is 444 g/mol. The molecular formula is C24H24N2O6S. The number of anilines is 2. The molecule has 0 radical (unpaired) electrons. The quantitative estimate of drug-likeness (QED) is 0.335. The van der Waals surface area contributed by atoms with Gasteiger partial charge in [-0.05, 0) is 35.9 Å². The number of nitrogens with zero attached hydrogens (tertiary/aromatic N) is 2. The second-order valence-electron chi connectivity index (χ2n) is 6.70.